The summed E-state index contributed by atoms with van der Waals surface area (Å²) in [6, 6.07) is 15.7. The Morgan fingerprint density at radius 3 is 2.37 bits per heavy atom. The van der Waals surface area contributed by atoms with E-state index in [0.29, 0.717) is 27.9 Å². The predicted octanol–water partition coefficient (Wildman–Crippen LogP) is 4.45. The Bertz CT molecular complexity index is 1010. The second-order valence-corrected chi connectivity index (χ2v) is 6.26. The van der Waals surface area contributed by atoms with E-state index in [2.05, 4.69) is 5.32 Å². The second kappa shape index (κ2) is 7.37. The molecule has 2 N–H and O–H groups in total. The summed E-state index contributed by atoms with van der Waals surface area (Å²) in [6.07, 6.45) is -0.545. The summed E-state index contributed by atoms with van der Waals surface area (Å²) < 4.78 is 5.41. The molecule has 0 radical (unpaired) electrons. The molecule has 0 unspecified atom stereocenters. The van der Waals surface area contributed by atoms with E-state index < -0.39 is 6.09 Å². The van der Waals surface area contributed by atoms with Crippen molar-refractivity contribution in [2.24, 2.45) is 0 Å². The van der Waals surface area contributed by atoms with E-state index in [1.165, 1.54) is 11.8 Å². The fraction of sp³-hybridized carbons (Fsp3) is 0.143. The van der Waals surface area contributed by atoms with Gasteiger partial charge in [-0.3, -0.25) is 9.69 Å². The van der Waals surface area contributed by atoms with Crippen molar-refractivity contribution in [2.45, 2.75) is 13.8 Å². The van der Waals surface area contributed by atoms with Gasteiger partial charge in [-0.05, 0) is 37.3 Å². The third-order valence-corrected chi connectivity index (χ3v) is 4.18. The van der Waals surface area contributed by atoms with Crippen molar-refractivity contribution in [3.63, 3.8) is 0 Å². The molecule has 2 amide bonds. The zero-order valence-corrected chi connectivity index (χ0v) is 15.3. The van der Waals surface area contributed by atoms with E-state index in [1.807, 2.05) is 19.1 Å². The van der Waals surface area contributed by atoms with Gasteiger partial charge < -0.3 is 15.2 Å². The summed E-state index contributed by atoms with van der Waals surface area (Å²) >= 11 is 0. The maximum absolute atomic E-state index is 12.5. The number of nitrogens with one attached hydrogen (secondary N) is 1. The van der Waals surface area contributed by atoms with Crippen molar-refractivity contribution in [1.29, 1.82) is 0 Å². The number of fused-ring (bicyclic) bond motifs is 1. The molecule has 138 valence electrons. The minimum absolute atomic E-state index is 0.0511. The van der Waals surface area contributed by atoms with Gasteiger partial charge in [-0.15, -0.1) is 0 Å². The van der Waals surface area contributed by atoms with Crippen LogP contribution in [0.15, 0.2) is 54.6 Å². The summed E-state index contributed by atoms with van der Waals surface area (Å²) in [5.74, 6) is 0.123. The molecule has 0 saturated heterocycles. The number of carbonyl (C=O) groups excluding carboxylic acids is 2. The Morgan fingerprint density at radius 2 is 1.70 bits per heavy atom. The Labute approximate surface area is 157 Å². The van der Waals surface area contributed by atoms with Crippen LogP contribution in [0.1, 0.15) is 12.5 Å². The number of anilines is 2. The lowest BCUT2D eigenvalue weighted by Gasteiger charge is -2.20. The highest BCUT2D eigenvalue weighted by Crippen LogP contribution is 2.37. The molecule has 0 spiro atoms. The molecule has 0 fully saturated rings. The molecule has 0 heterocycles. The minimum Gasteiger partial charge on any atom is -0.505 e. The number of benzene rings is 3. The number of rotatable bonds is 3. The minimum atomic E-state index is -0.545. The molecule has 0 aromatic heterocycles. The molecule has 3 rings (SSSR count). The summed E-state index contributed by atoms with van der Waals surface area (Å²) in [5.41, 5.74) is 1.97. The van der Waals surface area contributed by atoms with Crippen molar-refractivity contribution in [2.75, 3.05) is 17.3 Å². The Morgan fingerprint density at radius 1 is 1.00 bits per heavy atom. The molecular weight excluding hydrogens is 344 g/mol. The van der Waals surface area contributed by atoms with Crippen molar-refractivity contribution < 1.29 is 19.4 Å². The van der Waals surface area contributed by atoms with Crippen LogP contribution in [0.5, 0.6) is 11.5 Å². The molecule has 3 aromatic rings. The molecular formula is C21H20N2O4. The fourth-order valence-corrected chi connectivity index (χ4v) is 2.78. The number of hydrogen-bond acceptors (Lipinski definition) is 4. The van der Waals surface area contributed by atoms with Gasteiger partial charge in [0.05, 0.1) is 11.4 Å². The normalized spacial score (nSPS) is 10.5. The number of phenols is 1. The fourth-order valence-electron chi connectivity index (χ4n) is 2.78. The first-order chi connectivity index (χ1) is 12.9. The highest BCUT2D eigenvalue weighted by molar-refractivity contribution is 6.06. The quantitative estimate of drug-likeness (QED) is 0.673. The van der Waals surface area contributed by atoms with Crippen LogP contribution in [0.2, 0.25) is 0 Å². The summed E-state index contributed by atoms with van der Waals surface area (Å²) in [6.45, 7) is 3.32. The standard InChI is InChI=1S/C21H20N2O4/c1-13-7-9-15(10-8-13)27-21(26)23(3)19-6-4-5-17-16(19)11-12-18(20(17)25)22-14(2)24/h4-12,25H,1-3H3,(H,22,24). The van der Waals surface area contributed by atoms with E-state index in [-0.39, 0.29) is 11.7 Å². The molecule has 27 heavy (non-hydrogen) atoms. The zero-order valence-electron chi connectivity index (χ0n) is 15.3. The molecule has 0 bridgehead atoms. The Balaban J connectivity index is 1.93. The first kappa shape index (κ1) is 18.3. The third-order valence-electron chi connectivity index (χ3n) is 4.18. The van der Waals surface area contributed by atoms with Gasteiger partial charge in [0.15, 0.2) is 0 Å². The molecule has 6 nitrogen and oxygen atoms in total. The third kappa shape index (κ3) is 3.84. The van der Waals surface area contributed by atoms with E-state index in [0.717, 1.165) is 5.56 Å². The number of aromatic hydroxyl groups is 1. The van der Waals surface area contributed by atoms with Crippen LogP contribution < -0.4 is 15.0 Å². The predicted molar refractivity (Wildman–Crippen MR) is 106 cm³/mol. The number of carbonyl (C=O) groups is 2. The average molecular weight is 364 g/mol. The molecule has 0 saturated carbocycles. The summed E-state index contributed by atoms with van der Waals surface area (Å²) in [7, 11) is 1.60. The van der Waals surface area contributed by atoms with E-state index in [1.54, 1.807) is 49.5 Å². The highest BCUT2D eigenvalue weighted by atomic mass is 16.6. The van der Waals surface area contributed by atoms with Crippen LogP contribution in [-0.2, 0) is 4.79 Å². The second-order valence-electron chi connectivity index (χ2n) is 6.26. The van der Waals surface area contributed by atoms with E-state index >= 15 is 0 Å². The number of amides is 2. The van der Waals surface area contributed by atoms with Crippen molar-refractivity contribution >= 4 is 34.1 Å². The first-order valence-electron chi connectivity index (χ1n) is 8.41. The van der Waals surface area contributed by atoms with Crippen LogP contribution in [0.4, 0.5) is 16.2 Å². The van der Waals surface area contributed by atoms with Gasteiger partial charge in [0.25, 0.3) is 0 Å². The van der Waals surface area contributed by atoms with E-state index in [4.69, 9.17) is 4.74 Å². The van der Waals surface area contributed by atoms with Crippen LogP contribution >= 0.6 is 0 Å². The first-order valence-corrected chi connectivity index (χ1v) is 8.41. The molecule has 0 aliphatic carbocycles. The van der Waals surface area contributed by atoms with Gasteiger partial charge in [-0.1, -0.05) is 29.8 Å². The Kier molecular flexibility index (Phi) is 4.98. The van der Waals surface area contributed by atoms with Crippen molar-refractivity contribution in [3.8, 4) is 11.5 Å². The molecule has 0 aliphatic heterocycles. The topological polar surface area (TPSA) is 78.9 Å². The lowest BCUT2D eigenvalue weighted by molar-refractivity contribution is -0.114. The maximum atomic E-state index is 12.5. The molecule has 0 atom stereocenters. The SMILES string of the molecule is CC(=O)Nc1ccc2c(N(C)C(=O)Oc3ccc(C)cc3)cccc2c1O. The van der Waals surface area contributed by atoms with Crippen molar-refractivity contribution in [1.82, 2.24) is 0 Å². The monoisotopic (exact) mass is 364 g/mol. The zero-order chi connectivity index (χ0) is 19.6. The van der Waals surface area contributed by atoms with Gasteiger partial charge in [0.1, 0.15) is 11.5 Å². The van der Waals surface area contributed by atoms with Crippen molar-refractivity contribution in [3.05, 3.63) is 60.2 Å². The molecule has 0 aliphatic rings. The summed E-state index contributed by atoms with van der Waals surface area (Å²) in [5, 5.41) is 14.2. The van der Waals surface area contributed by atoms with Gasteiger partial charge in [0.2, 0.25) is 5.91 Å². The summed E-state index contributed by atoms with van der Waals surface area (Å²) in [4.78, 5) is 25.2. The smallest absolute Gasteiger partial charge is 0.419 e. The van der Waals surface area contributed by atoms with E-state index in [9.17, 15) is 14.7 Å². The average Bonchev–Trinajstić information content (AvgIpc) is 2.64. The van der Waals surface area contributed by atoms with Gasteiger partial charge >= 0.3 is 6.09 Å². The van der Waals surface area contributed by atoms with Gasteiger partial charge in [0, 0.05) is 24.7 Å². The Hall–Kier alpha value is -3.54. The number of phenolic OH excluding ortho intramolecular Hbond substituents is 1. The van der Waals surface area contributed by atoms with Crippen LogP contribution in [0.3, 0.4) is 0 Å². The number of nitrogens with zero attached hydrogens (tertiary/aromatic N) is 1. The number of hydrogen-bond donors (Lipinski definition) is 2. The number of ether oxygens (including phenoxy) is 1. The molecule has 3 aromatic carbocycles. The van der Waals surface area contributed by atoms with Gasteiger partial charge in [-0.2, -0.15) is 0 Å². The highest BCUT2D eigenvalue weighted by Gasteiger charge is 2.18. The lowest BCUT2D eigenvalue weighted by atomic mass is 10.1. The van der Waals surface area contributed by atoms with Crippen LogP contribution in [-0.4, -0.2) is 24.2 Å². The molecule has 6 heteroatoms. The number of aryl methyl sites for hydroxylation is 1. The maximum Gasteiger partial charge on any atom is 0.419 e. The largest absolute Gasteiger partial charge is 0.505 e. The lowest BCUT2D eigenvalue weighted by Crippen LogP contribution is -2.29. The van der Waals surface area contributed by atoms with Crippen LogP contribution in [0.25, 0.3) is 10.8 Å². The van der Waals surface area contributed by atoms with Gasteiger partial charge in [-0.25, -0.2) is 4.79 Å². The van der Waals surface area contributed by atoms with Crippen LogP contribution in [0, 0.1) is 6.92 Å².